The Balaban J connectivity index is 1.78. The van der Waals surface area contributed by atoms with Crippen LogP contribution in [-0.4, -0.2) is 62.1 Å². The zero-order chi connectivity index (χ0) is 19.8. The second kappa shape index (κ2) is 11.0. The molecule has 1 aromatic rings. The first-order chi connectivity index (χ1) is 13.7. The molecule has 2 aliphatic rings. The third kappa shape index (κ3) is 5.57. The summed E-state index contributed by atoms with van der Waals surface area (Å²) in [6, 6.07) is 11.1. The summed E-state index contributed by atoms with van der Waals surface area (Å²) in [5.74, 6) is 0. The van der Waals surface area contributed by atoms with Crippen LogP contribution in [0.25, 0.3) is 5.70 Å². The Morgan fingerprint density at radius 3 is 2.57 bits per heavy atom. The van der Waals surface area contributed by atoms with E-state index in [2.05, 4.69) is 66.6 Å². The number of ether oxygens (including phenoxy) is 2. The molecule has 1 N–H and O–H groups in total. The third-order valence-electron chi connectivity index (χ3n) is 5.75. The Labute approximate surface area is 170 Å². The number of likely N-dealkylation sites (N-methyl/N-ethyl adjacent to an activating group) is 1. The highest BCUT2D eigenvalue weighted by Gasteiger charge is 2.32. The van der Waals surface area contributed by atoms with Crippen LogP contribution in [-0.2, 0) is 9.47 Å². The predicted molar refractivity (Wildman–Crippen MR) is 115 cm³/mol. The molecule has 0 radical (unpaired) electrons. The van der Waals surface area contributed by atoms with Crippen molar-refractivity contribution < 1.29 is 9.47 Å². The lowest BCUT2D eigenvalue weighted by Crippen LogP contribution is -2.46. The molecule has 2 aliphatic heterocycles. The lowest BCUT2D eigenvalue weighted by atomic mass is 9.96. The van der Waals surface area contributed by atoms with Crippen LogP contribution in [0, 0.1) is 0 Å². The molecule has 5 heteroatoms. The Morgan fingerprint density at radius 2 is 1.89 bits per heavy atom. The molecule has 0 aliphatic carbocycles. The summed E-state index contributed by atoms with van der Waals surface area (Å²) in [7, 11) is 2.18. The van der Waals surface area contributed by atoms with Crippen LogP contribution in [0.15, 0.2) is 35.9 Å². The van der Waals surface area contributed by atoms with Crippen LogP contribution in [0.2, 0.25) is 0 Å². The fraction of sp³-hybridized carbons (Fsp3) is 0.652. The lowest BCUT2D eigenvalue weighted by molar-refractivity contribution is 0.0317. The van der Waals surface area contributed by atoms with E-state index >= 15 is 0 Å². The summed E-state index contributed by atoms with van der Waals surface area (Å²) in [5.41, 5.74) is 7.80. The Kier molecular flexibility index (Phi) is 8.34. The van der Waals surface area contributed by atoms with Crippen molar-refractivity contribution in [2.75, 3.05) is 40.1 Å². The molecule has 1 saturated heterocycles. The van der Waals surface area contributed by atoms with Crippen LogP contribution in [0.1, 0.15) is 51.5 Å². The van der Waals surface area contributed by atoms with E-state index in [0.29, 0.717) is 12.8 Å². The molecule has 0 aromatic heterocycles. The monoisotopic (exact) mass is 387 g/mol. The number of rotatable bonds is 11. The van der Waals surface area contributed by atoms with Crippen LogP contribution in [0.5, 0.6) is 0 Å². The van der Waals surface area contributed by atoms with Crippen LogP contribution >= 0.6 is 0 Å². The van der Waals surface area contributed by atoms with Crippen molar-refractivity contribution in [1.82, 2.24) is 15.3 Å². The van der Waals surface area contributed by atoms with E-state index in [0.717, 1.165) is 32.7 Å². The second-order valence-electron chi connectivity index (χ2n) is 8.00. The van der Waals surface area contributed by atoms with Gasteiger partial charge in [0.2, 0.25) is 0 Å². The van der Waals surface area contributed by atoms with Crippen molar-refractivity contribution in [2.45, 2.75) is 58.1 Å². The minimum atomic E-state index is 0.202. The van der Waals surface area contributed by atoms with E-state index in [1.165, 1.54) is 36.9 Å². The van der Waals surface area contributed by atoms with E-state index < -0.39 is 0 Å². The van der Waals surface area contributed by atoms with Gasteiger partial charge in [0.05, 0.1) is 24.4 Å². The fourth-order valence-electron chi connectivity index (χ4n) is 4.12. The maximum atomic E-state index is 5.73. The highest BCUT2D eigenvalue weighted by Crippen LogP contribution is 2.31. The molecule has 1 fully saturated rings. The SMILES string of the molecule is CCCCC1=C(c2ccccc2)NN(C)C1CN(CCCC)CC1COCO1. The zero-order valence-corrected chi connectivity index (χ0v) is 17.8. The number of nitrogens with one attached hydrogen (secondary N) is 1. The summed E-state index contributed by atoms with van der Waals surface area (Å²) in [5, 5.41) is 2.30. The second-order valence-corrected chi connectivity index (χ2v) is 8.00. The van der Waals surface area contributed by atoms with Gasteiger partial charge in [-0.2, -0.15) is 0 Å². The molecule has 1 aromatic carbocycles. The van der Waals surface area contributed by atoms with Gasteiger partial charge in [0.15, 0.2) is 0 Å². The van der Waals surface area contributed by atoms with Crippen LogP contribution < -0.4 is 5.43 Å². The van der Waals surface area contributed by atoms with Crippen molar-refractivity contribution in [3.8, 4) is 0 Å². The summed E-state index contributed by atoms with van der Waals surface area (Å²) in [6.45, 7) is 8.78. The van der Waals surface area contributed by atoms with Gasteiger partial charge in [0, 0.05) is 20.1 Å². The van der Waals surface area contributed by atoms with Gasteiger partial charge in [-0.1, -0.05) is 57.0 Å². The molecule has 0 bridgehead atoms. The number of nitrogens with zero attached hydrogens (tertiary/aromatic N) is 2. The molecule has 0 amide bonds. The lowest BCUT2D eigenvalue weighted by Gasteiger charge is -2.31. The maximum absolute atomic E-state index is 5.73. The van der Waals surface area contributed by atoms with Gasteiger partial charge < -0.3 is 14.9 Å². The summed E-state index contributed by atoms with van der Waals surface area (Å²) in [4.78, 5) is 2.57. The van der Waals surface area contributed by atoms with Gasteiger partial charge in [-0.3, -0.25) is 4.90 Å². The smallest absolute Gasteiger partial charge is 0.147 e. The average Bonchev–Trinajstić information content (AvgIpc) is 3.33. The van der Waals surface area contributed by atoms with E-state index in [1.807, 2.05) is 0 Å². The molecular weight excluding hydrogens is 350 g/mol. The first kappa shape index (κ1) is 21.3. The van der Waals surface area contributed by atoms with Crippen LogP contribution in [0.3, 0.4) is 0 Å². The van der Waals surface area contributed by atoms with Crippen LogP contribution in [0.4, 0.5) is 0 Å². The van der Waals surface area contributed by atoms with Crippen molar-refractivity contribution >= 4 is 5.70 Å². The van der Waals surface area contributed by atoms with Gasteiger partial charge in [-0.05, 0) is 36.9 Å². The molecule has 2 unspecified atom stereocenters. The van der Waals surface area contributed by atoms with E-state index in [4.69, 9.17) is 9.47 Å². The topological polar surface area (TPSA) is 37.0 Å². The largest absolute Gasteiger partial charge is 0.353 e. The van der Waals surface area contributed by atoms with Crippen molar-refractivity contribution in [1.29, 1.82) is 0 Å². The predicted octanol–water partition coefficient (Wildman–Crippen LogP) is 3.88. The molecule has 3 rings (SSSR count). The average molecular weight is 388 g/mol. The molecule has 5 nitrogen and oxygen atoms in total. The van der Waals surface area contributed by atoms with E-state index in [1.54, 1.807) is 5.57 Å². The zero-order valence-electron chi connectivity index (χ0n) is 17.8. The number of benzene rings is 1. The van der Waals surface area contributed by atoms with Gasteiger partial charge in [-0.25, -0.2) is 5.01 Å². The summed E-state index contributed by atoms with van der Waals surface area (Å²) < 4.78 is 11.2. The number of hydrogen-bond donors (Lipinski definition) is 1. The number of hydrogen-bond acceptors (Lipinski definition) is 5. The van der Waals surface area contributed by atoms with Crippen molar-refractivity contribution in [3.05, 3.63) is 41.5 Å². The Morgan fingerprint density at radius 1 is 1.11 bits per heavy atom. The van der Waals surface area contributed by atoms with Gasteiger partial charge in [0.25, 0.3) is 0 Å². The van der Waals surface area contributed by atoms with Crippen molar-refractivity contribution in [2.24, 2.45) is 0 Å². The minimum absolute atomic E-state index is 0.202. The molecule has 28 heavy (non-hydrogen) atoms. The quantitative estimate of drug-likeness (QED) is 0.624. The Bertz CT molecular complexity index is 614. The highest BCUT2D eigenvalue weighted by molar-refractivity contribution is 5.69. The van der Waals surface area contributed by atoms with E-state index in [-0.39, 0.29) is 6.10 Å². The van der Waals surface area contributed by atoms with E-state index in [9.17, 15) is 0 Å². The molecule has 0 spiro atoms. The van der Waals surface area contributed by atoms with Gasteiger partial charge in [-0.15, -0.1) is 0 Å². The molecule has 0 saturated carbocycles. The first-order valence-electron chi connectivity index (χ1n) is 10.9. The first-order valence-corrected chi connectivity index (χ1v) is 10.9. The molecule has 2 heterocycles. The molecule has 156 valence electrons. The minimum Gasteiger partial charge on any atom is -0.353 e. The van der Waals surface area contributed by atoms with Gasteiger partial charge >= 0.3 is 0 Å². The van der Waals surface area contributed by atoms with Gasteiger partial charge in [0.1, 0.15) is 6.79 Å². The standard InChI is InChI=1S/C23H37N3O2/c1-4-6-13-21-22(25(3)24-23(21)19-11-9-8-10-12-19)16-26(14-7-5-2)15-20-17-27-18-28-20/h8-12,20,22,24H,4-7,13-18H2,1-3H3. The summed E-state index contributed by atoms with van der Waals surface area (Å²) >= 11 is 0. The molecular formula is C23H37N3O2. The number of hydrazine groups is 1. The number of unbranched alkanes of at least 4 members (excludes halogenated alkanes) is 2. The fourth-order valence-corrected chi connectivity index (χ4v) is 4.12. The Hall–Kier alpha value is -1.40. The molecule has 2 atom stereocenters. The van der Waals surface area contributed by atoms with Crippen molar-refractivity contribution in [3.63, 3.8) is 0 Å². The third-order valence-corrected chi connectivity index (χ3v) is 5.75. The highest BCUT2D eigenvalue weighted by atomic mass is 16.7. The summed E-state index contributed by atoms with van der Waals surface area (Å²) in [6.07, 6.45) is 6.23. The maximum Gasteiger partial charge on any atom is 0.147 e. The normalized spacial score (nSPS) is 23.0.